The fourth-order valence-corrected chi connectivity index (χ4v) is 4.79. The van der Waals surface area contributed by atoms with E-state index in [2.05, 4.69) is 15.6 Å². The fraction of sp³-hybridized carbons (Fsp3) is 0.538. The van der Waals surface area contributed by atoms with E-state index in [1.807, 2.05) is 0 Å². The summed E-state index contributed by atoms with van der Waals surface area (Å²) in [5.41, 5.74) is 11.1. The van der Waals surface area contributed by atoms with Crippen LogP contribution in [0, 0.1) is 5.82 Å². The number of hydrogen-bond donors (Lipinski definition) is 4. The first-order valence-electron chi connectivity index (χ1n) is 13.0. The summed E-state index contributed by atoms with van der Waals surface area (Å²) in [5.74, 6) is -0.494. The second-order valence-corrected chi connectivity index (χ2v) is 10.7. The predicted octanol–water partition coefficient (Wildman–Crippen LogP) is 1.57. The summed E-state index contributed by atoms with van der Waals surface area (Å²) < 4.78 is 16.0. The molecule has 2 aliphatic rings. The van der Waals surface area contributed by atoms with Gasteiger partial charge in [-0.15, -0.1) is 12.4 Å². The monoisotopic (exact) mass is 564 g/mol. The zero-order chi connectivity index (χ0) is 27.4. The Kier molecular flexibility index (Phi) is 10.1. The van der Waals surface area contributed by atoms with Gasteiger partial charge in [0.25, 0.3) is 0 Å². The minimum atomic E-state index is -0.970. The Balaban J connectivity index is 0.00000420. The Morgan fingerprint density at radius 1 is 1.08 bits per heavy atom. The lowest BCUT2D eigenvalue weighted by Gasteiger charge is -2.37. The fourth-order valence-electron chi connectivity index (χ4n) is 4.79. The Labute approximate surface area is 233 Å². The maximum Gasteiger partial charge on any atom is 0.354 e. The molecule has 2 heterocycles. The average molecular weight is 565 g/mol. The van der Waals surface area contributed by atoms with E-state index in [-0.39, 0.29) is 30.2 Å². The van der Waals surface area contributed by atoms with Crippen molar-refractivity contribution >= 4 is 30.2 Å². The van der Waals surface area contributed by atoms with Crippen LogP contribution in [0.3, 0.4) is 0 Å². The van der Waals surface area contributed by atoms with Crippen molar-refractivity contribution in [2.75, 3.05) is 31.5 Å². The molecule has 214 valence electrons. The largest absolute Gasteiger partial charge is 0.354 e. The molecule has 0 radical (unpaired) electrons. The molecule has 0 spiro atoms. The van der Waals surface area contributed by atoms with Crippen molar-refractivity contribution in [2.45, 2.75) is 63.7 Å². The Morgan fingerprint density at radius 3 is 2.31 bits per heavy atom. The molecule has 0 atom stereocenters. The van der Waals surface area contributed by atoms with Crippen molar-refractivity contribution in [3.05, 3.63) is 52.3 Å². The number of piperazine rings is 1. The van der Waals surface area contributed by atoms with Gasteiger partial charge in [-0.1, -0.05) is 6.07 Å². The van der Waals surface area contributed by atoms with E-state index in [0.717, 1.165) is 25.7 Å². The van der Waals surface area contributed by atoms with E-state index in [1.165, 1.54) is 22.9 Å². The van der Waals surface area contributed by atoms with E-state index >= 15 is 0 Å². The van der Waals surface area contributed by atoms with Gasteiger partial charge in [0.1, 0.15) is 11.6 Å². The first-order valence-corrected chi connectivity index (χ1v) is 13.0. The van der Waals surface area contributed by atoms with Crippen molar-refractivity contribution < 1.29 is 14.0 Å². The minimum absolute atomic E-state index is 0. The van der Waals surface area contributed by atoms with Crippen LogP contribution in [0.15, 0.2) is 35.3 Å². The molecule has 0 bridgehead atoms. The standard InChI is InChI=1S/C26H37FN8O3.ClH/c1-26(2,29)23(36)33-11-13-34(14-12-33)24(37)31-22-9-10-35(25(38)32-22)20-8-3-17(21(27)15-20)16-30-19-6-4-18(28)5-7-19;/h3,8-10,15,18-19,30H,4-7,11-14,16,28-29H2,1-2H3,(H,31,32,37,38);1H/t18-,19-;. The number of nitrogens with two attached hydrogens (primary N) is 2. The molecule has 1 aromatic carbocycles. The van der Waals surface area contributed by atoms with Crippen molar-refractivity contribution in [1.82, 2.24) is 24.7 Å². The highest BCUT2D eigenvalue weighted by atomic mass is 35.5. The summed E-state index contributed by atoms with van der Waals surface area (Å²) in [6, 6.07) is 6.28. The van der Waals surface area contributed by atoms with Crippen LogP contribution < -0.4 is 27.8 Å². The molecule has 1 saturated carbocycles. The van der Waals surface area contributed by atoms with Crippen LogP contribution in [-0.2, 0) is 11.3 Å². The number of carbonyl (C=O) groups is 2. The lowest BCUT2D eigenvalue weighted by molar-refractivity contribution is -0.137. The van der Waals surface area contributed by atoms with Gasteiger partial charge in [0.2, 0.25) is 5.91 Å². The number of benzene rings is 1. The van der Waals surface area contributed by atoms with E-state index in [9.17, 15) is 18.8 Å². The van der Waals surface area contributed by atoms with E-state index in [4.69, 9.17) is 11.5 Å². The minimum Gasteiger partial charge on any atom is -0.338 e. The van der Waals surface area contributed by atoms with Gasteiger partial charge in [-0.2, -0.15) is 4.98 Å². The third kappa shape index (κ3) is 7.75. The number of nitrogens with one attached hydrogen (secondary N) is 2. The summed E-state index contributed by atoms with van der Waals surface area (Å²) in [7, 11) is 0. The van der Waals surface area contributed by atoms with E-state index in [1.54, 1.807) is 35.8 Å². The number of amides is 3. The summed E-state index contributed by atoms with van der Waals surface area (Å²) in [5, 5.41) is 6.01. The molecule has 2 aromatic rings. The molecule has 13 heteroatoms. The smallest absolute Gasteiger partial charge is 0.338 e. The van der Waals surface area contributed by atoms with Gasteiger partial charge in [0.05, 0.1) is 11.2 Å². The van der Waals surface area contributed by atoms with Crippen molar-refractivity contribution in [3.8, 4) is 5.69 Å². The summed E-state index contributed by atoms with van der Waals surface area (Å²) >= 11 is 0. The van der Waals surface area contributed by atoms with E-state index in [0.29, 0.717) is 50.0 Å². The Morgan fingerprint density at radius 2 is 1.72 bits per heavy atom. The zero-order valence-electron chi connectivity index (χ0n) is 22.4. The summed E-state index contributed by atoms with van der Waals surface area (Å²) in [6.45, 7) is 5.10. The van der Waals surface area contributed by atoms with Crippen LogP contribution in [0.1, 0.15) is 45.1 Å². The highest BCUT2D eigenvalue weighted by Gasteiger charge is 2.31. The van der Waals surface area contributed by atoms with Crippen LogP contribution in [0.4, 0.5) is 15.0 Å². The van der Waals surface area contributed by atoms with Gasteiger partial charge in [-0.25, -0.2) is 14.0 Å². The van der Waals surface area contributed by atoms with Gasteiger partial charge in [-0.3, -0.25) is 14.7 Å². The van der Waals surface area contributed by atoms with Crippen molar-refractivity contribution in [1.29, 1.82) is 0 Å². The van der Waals surface area contributed by atoms with E-state index < -0.39 is 23.1 Å². The number of rotatable bonds is 6. The summed E-state index contributed by atoms with van der Waals surface area (Å²) in [4.78, 5) is 44.8. The molecule has 2 fully saturated rings. The third-order valence-corrected chi connectivity index (χ3v) is 7.11. The molecule has 1 aromatic heterocycles. The molecule has 1 saturated heterocycles. The van der Waals surface area contributed by atoms with Crippen LogP contribution in [-0.4, -0.2) is 75.1 Å². The second kappa shape index (κ2) is 12.9. The van der Waals surface area contributed by atoms with Crippen molar-refractivity contribution in [3.63, 3.8) is 0 Å². The Hall–Kier alpha value is -3.06. The number of aromatic nitrogens is 2. The highest BCUT2D eigenvalue weighted by Crippen LogP contribution is 2.19. The number of nitrogens with zero attached hydrogens (tertiary/aromatic N) is 4. The third-order valence-electron chi connectivity index (χ3n) is 7.11. The van der Waals surface area contributed by atoms with Gasteiger partial charge in [0.15, 0.2) is 0 Å². The molecular weight excluding hydrogens is 527 g/mol. The van der Waals surface area contributed by atoms with Gasteiger partial charge in [-0.05, 0) is 57.7 Å². The average Bonchev–Trinajstić information content (AvgIpc) is 2.88. The van der Waals surface area contributed by atoms with Gasteiger partial charge >= 0.3 is 11.7 Å². The molecule has 1 aliphatic carbocycles. The first kappa shape index (κ1) is 30.5. The lowest BCUT2D eigenvalue weighted by atomic mass is 9.92. The maximum atomic E-state index is 14.8. The number of urea groups is 1. The van der Waals surface area contributed by atoms with Crippen molar-refractivity contribution in [2.24, 2.45) is 11.5 Å². The van der Waals surface area contributed by atoms with Crippen LogP contribution in [0.2, 0.25) is 0 Å². The van der Waals surface area contributed by atoms with Gasteiger partial charge < -0.3 is 26.6 Å². The molecule has 3 amide bonds. The maximum absolute atomic E-state index is 14.8. The number of halogens is 2. The number of anilines is 1. The quantitative estimate of drug-likeness (QED) is 0.415. The topological polar surface area (TPSA) is 152 Å². The highest BCUT2D eigenvalue weighted by molar-refractivity contribution is 5.89. The van der Waals surface area contributed by atoms with Gasteiger partial charge in [0, 0.05) is 56.6 Å². The van der Waals surface area contributed by atoms with Crippen LogP contribution in [0.5, 0.6) is 0 Å². The molecule has 11 nitrogen and oxygen atoms in total. The second-order valence-electron chi connectivity index (χ2n) is 10.7. The lowest BCUT2D eigenvalue weighted by Crippen LogP contribution is -2.58. The molecule has 6 N–H and O–H groups in total. The SMILES string of the molecule is CC(C)(N)C(=O)N1CCN(C(=O)Nc2ccn(-c3ccc(CN[C@H]4CC[C@H](N)CC4)c(F)c3)c(=O)n2)CC1.Cl. The molecule has 0 unspecified atom stereocenters. The Bertz CT molecular complexity index is 1220. The first-order chi connectivity index (χ1) is 18.0. The summed E-state index contributed by atoms with van der Waals surface area (Å²) in [6.07, 6.45) is 5.34. The number of hydrogen-bond acceptors (Lipinski definition) is 7. The molecular formula is C26H38ClFN8O3. The zero-order valence-corrected chi connectivity index (χ0v) is 23.2. The number of carbonyl (C=O) groups excluding carboxylic acids is 2. The van der Waals surface area contributed by atoms with Crippen LogP contribution >= 0.6 is 12.4 Å². The molecule has 4 rings (SSSR count). The van der Waals surface area contributed by atoms with Crippen LogP contribution in [0.25, 0.3) is 5.69 Å². The normalized spacial score (nSPS) is 19.8. The predicted molar refractivity (Wildman–Crippen MR) is 150 cm³/mol. The molecule has 1 aliphatic heterocycles. The molecule has 39 heavy (non-hydrogen) atoms.